The van der Waals surface area contributed by atoms with Gasteiger partial charge in [0.2, 0.25) is 11.8 Å². The van der Waals surface area contributed by atoms with Gasteiger partial charge in [0.25, 0.3) is 0 Å². The molecule has 4 atom stereocenters. The number of aromatic nitrogens is 3. The quantitative estimate of drug-likeness (QED) is 0.272. The first-order chi connectivity index (χ1) is 22.0. The molecular formula is C33H54N6O8. The summed E-state index contributed by atoms with van der Waals surface area (Å²) >= 11 is 0. The lowest BCUT2D eigenvalue weighted by Crippen LogP contribution is -2.63. The van der Waals surface area contributed by atoms with Crippen LogP contribution in [0, 0.1) is 5.92 Å². The summed E-state index contributed by atoms with van der Waals surface area (Å²) in [5.41, 5.74) is -2.90. The Morgan fingerprint density at radius 2 is 1.68 bits per heavy atom. The number of rotatable bonds is 10. The van der Waals surface area contributed by atoms with Crippen LogP contribution in [0.5, 0.6) is 0 Å². The molecule has 0 radical (unpaired) electrons. The van der Waals surface area contributed by atoms with Gasteiger partial charge in [-0.25, -0.2) is 14.3 Å². The van der Waals surface area contributed by atoms with E-state index in [2.05, 4.69) is 20.9 Å². The molecule has 2 heterocycles. The molecule has 1 aliphatic heterocycles. The predicted molar refractivity (Wildman–Crippen MR) is 171 cm³/mol. The molecule has 0 bridgehead atoms. The van der Waals surface area contributed by atoms with Crippen molar-refractivity contribution >= 4 is 23.9 Å². The van der Waals surface area contributed by atoms with Gasteiger partial charge in [-0.1, -0.05) is 56.6 Å². The first kappa shape index (κ1) is 36.6. The molecule has 3 amide bonds. The fourth-order valence-electron chi connectivity index (χ4n) is 7.38. The van der Waals surface area contributed by atoms with Crippen molar-refractivity contribution in [2.75, 3.05) is 13.7 Å². The van der Waals surface area contributed by atoms with Crippen LogP contribution >= 0.6 is 0 Å². The van der Waals surface area contributed by atoms with Crippen LogP contribution in [0.4, 0.5) is 4.79 Å². The Balaban J connectivity index is 1.68. The molecule has 4 rings (SSSR count). The second-order valence-electron chi connectivity index (χ2n) is 15.1. The Bertz CT molecular complexity index is 1260. The van der Waals surface area contributed by atoms with Crippen molar-refractivity contribution in [2.24, 2.45) is 5.92 Å². The van der Waals surface area contributed by atoms with Gasteiger partial charge in [-0.2, -0.15) is 0 Å². The number of ether oxygens (including phenoxy) is 2. The third-order valence-corrected chi connectivity index (χ3v) is 9.76. The van der Waals surface area contributed by atoms with Gasteiger partial charge in [0.15, 0.2) is 6.10 Å². The summed E-state index contributed by atoms with van der Waals surface area (Å²) in [6.07, 6.45) is 7.83. The average Bonchev–Trinajstić information content (AvgIpc) is 3.68. The Labute approximate surface area is 277 Å². The van der Waals surface area contributed by atoms with E-state index in [1.165, 1.54) is 18.2 Å². The zero-order valence-electron chi connectivity index (χ0n) is 28.8. The van der Waals surface area contributed by atoms with Gasteiger partial charge in [0.05, 0.1) is 30.6 Å². The Morgan fingerprint density at radius 3 is 2.28 bits per heavy atom. The maximum atomic E-state index is 14.6. The van der Waals surface area contributed by atoms with E-state index in [9.17, 15) is 29.4 Å². The lowest BCUT2D eigenvalue weighted by atomic mass is 9.77. The van der Waals surface area contributed by atoms with Gasteiger partial charge in [-0.15, -0.1) is 5.10 Å². The Morgan fingerprint density at radius 1 is 1.04 bits per heavy atom. The minimum absolute atomic E-state index is 0.0626. The molecule has 14 nitrogen and oxygen atoms in total. The molecule has 47 heavy (non-hydrogen) atoms. The fourth-order valence-corrected chi connectivity index (χ4v) is 7.38. The van der Waals surface area contributed by atoms with Crippen molar-refractivity contribution < 1.29 is 38.9 Å². The predicted octanol–water partition coefficient (Wildman–Crippen LogP) is 2.86. The highest BCUT2D eigenvalue weighted by Gasteiger charge is 2.50. The highest BCUT2D eigenvalue weighted by molar-refractivity contribution is 5.92. The number of esters is 1. The highest BCUT2D eigenvalue weighted by atomic mass is 16.6. The largest absolute Gasteiger partial charge is 0.467 e. The molecule has 1 saturated heterocycles. The van der Waals surface area contributed by atoms with Crippen LogP contribution in [-0.4, -0.2) is 97.0 Å². The average molecular weight is 663 g/mol. The van der Waals surface area contributed by atoms with Gasteiger partial charge < -0.3 is 35.2 Å². The number of alkyl carbamates (subject to hydrolysis) is 1. The van der Waals surface area contributed by atoms with E-state index in [0.29, 0.717) is 37.8 Å². The Kier molecular flexibility index (Phi) is 11.6. The van der Waals surface area contributed by atoms with Crippen molar-refractivity contribution in [1.29, 1.82) is 0 Å². The molecule has 4 N–H and O–H groups in total. The van der Waals surface area contributed by atoms with E-state index >= 15 is 0 Å². The maximum absolute atomic E-state index is 14.6. The summed E-state index contributed by atoms with van der Waals surface area (Å²) in [7, 11) is 1.19. The van der Waals surface area contributed by atoms with Crippen LogP contribution in [0.2, 0.25) is 0 Å². The summed E-state index contributed by atoms with van der Waals surface area (Å²) < 4.78 is 11.9. The lowest BCUT2D eigenvalue weighted by Gasteiger charge is -2.41. The first-order valence-corrected chi connectivity index (χ1v) is 17.1. The molecule has 3 aliphatic rings. The fraction of sp³-hybridized carbons (Fsp3) is 0.818. The molecule has 0 spiro atoms. The lowest BCUT2D eigenvalue weighted by molar-refractivity contribution is -0.158. The number of methoxy groups -OCH3 is 1. The highest BCUT2D eigenvalue weighted by Crippen LogP contribution is 2.36. The van der Waals surface area contributed by atoms with Crippen LogP contribution < -0.4 is 10.6 Å². The number of likely N-dealkylation sites (tertiary alicyclic amines) is 1. The van der Waals surface area contributed by atoms with Gasteiger partial charge in [-0.3, -0.25) is 9.59 Å². The van der Waals surface area contributed by atoms with Crippen LogP contribution in [0.15, 0.2) is 6.20 Å². The summed E-state index contributed by atoms with van der Waals surface area (Å²) in [5.74, 6) is -1.57. The number of hydrogen-bond donors (Lipinski definition) is 4. The topological polar surface area (TPSA) is 185 Å². The summed E-state index contributed by atoms with van der Waals surface area (Å²) in [6.45, 7) is 8.52. The Hall–Kier alpha value is -3.26. The summed E-state index contributed by atoms with van der Waals surface area (Å²) in [4.78, 5) is 55.9. The van der Waals surface area contributed by atoms with E-state index in [1.807, 2.05) is 0 Å². The number of amides is 3. The molecule has 1 unspecified atom stereocenters. The molecule has 1 aromatic heterocycles. The third kappa shape index (κ3) is 9.01. The van der Waals surface area contributed by atoms with Gasteiger partial charge in [0.1, 0.15) is 23.3 Å². The SMILES string of the molecule is COC(=O)C(O)C1(NC(=O)[C@@H]2C[C@H](n3nncc3C(C)(C)O)CN2C(=O)[C@@H](CC2CCCCC2)NC(=O)OC(C)(C)C)CCCCC1. The van der Waals surface area contributed by atoms with E-state index in [-0.39, 0.29) is 18.9 Å². The monoisotopic (exact) mass is 662 g/mol. The summed E-state index contributed by atoms with van der Waals surface area (Å²) in [6, 6.07) is -2.50. The second kappa shape index (κ2) is 14.9. The molecule has 2 aliphatic carbocycles. The number of carbonyl (C=O) groups is 4. The molecular weight excluding hydrogens is 608 g/mol. The standard InChI is InChI=1S/C33H54N6O8/c1-31(2,3)47-30(44)35-23(17-21-13-9-7-10-14-21)28(42)38-20-22(39-25(19-34-37-39)32(4,5)45)18-24(38)27(41)36-33(15-11-8-12-16-33)26(40)29(43)46-6/h19,21-24,26,40,45H,7-18,20H2,1-6H3,(H,35,44)(H,36,41)/t22-,23+,24-,26?/m0/s1. The van der Waals surface area contributed by atoms with Gasteiger partial charge in [0, 0.05) is 13.0 Å². The number of aliphatic hydroxyl groups excluding tert-OH is 1. The van der Waals surface area contributed by atoms with Crippen LogP contribution in [0.3, 0.4) is 0 Å². The minimum atomic E-state index is -1.58. The molecule has 0 aromatic carbocycles. The molecule has 14 heteroatoms. The van der Waals surface area contributed by atoms with Gasteiger partial charge >= 0.3 is 12.1 Å². The second-order valence-corrected chi connectivity index (χ2v) is 15.1. The van der Waals surface area contributed by atoms with E-state index in [4.69, 9.17) is 9.47 Å². The minimum Gasteiger partial charge on any atom is -0.467 e. The number of nitrogens with zero attached hydrogens (tertiary/aromatic N) is 4. The van der Waals surface area contributed by atoms with Crippen molar-refractivity contribution in [3.63, 3.8) is 0 Å². The van der Waals surface area contributed by atoms with E-state index in [0.717, 1.165) is 38.5 Å². The van der Waals surface area contributed by atoms with Crippen molar-refractivity contribution in [3.05, 3.63) is 11.9 Å². The van der Waals surface area contributed by atoms with E-state index in [1.54, 1.807) is 39.3 Å². The zero-order chi connectivity index (χ0) is 34.6. The number of nitrogens with one attached hydrogen (secondary N) is 2. The molecule has 264 valence electrons. The normalized spacial score (nSPS) is 23.4. The molecule has 3 fully saturated rings. The maximum Gasteiger partial charge on any atom is 0.408 e. The van der Waals surface area contributed by atoms with Crippen LogP contribution in [-0.2, 0) is 29.5 Å². The van der Waals surface area contributed by atoms with Crippen molar-refractivity contribution in [3.8, 4) is 0 Å². The smallest absolute Gasteiger partial charge is 0.408 e. The zero-order valence-corrected chi connectivity index (χ0v) is 28.8. The number of hydrogen-bond acceptors (Lipinski definition) is 10. The number of aliphatic hydroxyl groups is 2. The number of carbonyl (C=O) groups excluding carboxylic acids is 4. The van der Waals surface area contributed by atoms with Crippen LogP contribution in [0.1, 0.15) is 123 Å². The van der Waals surface area contributed by atoms with Crippen molar-refractivity contribution in [2.45, 2.75) is 153 Å². The molecule has 1 aromatic rings. The van der Waals surface area contributed by atoms with E-state index < -0.39 is 64.8 Å². The molecule has 2 saturated carbocycles. The van der Waals surface area contributed by atoms with Gasteiger partial charge in [-0.05, 0) is 59.8 Å². The van der Waals surface area contributed by atoms with Crippen LogP contribution in [0.25, 0.3) is 0 Å². The summed E-state index contributed by atoms with van der Waals surface area (Å²) in [5, 5.41) is 35.9. The third-order valence-electron chi connectivity index (χ3n) is 9.76. The van der Waals surface area contributed by atoms with Crippen molar-refractivity contribution in [1.82, 2.24) is 30.5 Å². The first-order valence-electron chi connectivity index (χ1n) is 17.1.